The van der Waals surface area contributed by atoms with E-state index in [0.717, 1.165) is 16.3 Å². The van der Waals surface area contributed by atoms with Gasteiger partial charge in [0.2, 0.25) is 15.9 Å². The third kappa shape index (κ3) is 2.95. The van der Waals surface area contributed by atoms with Gasteiger partial charge < -0.3 is 11.1 Å². The van der Waals surface area contributed by atoms with Crippen LogP contribution in [0.5, 0.6) is 0 Å². The Balaban J connectivity index is 2.30. The molecule has 1 aliphatic rings. The molecule has 1 fully saturated rings. The minimum Gasteiger partial charge on any atom is -0.324 e. The lowest BCUT2D eigenvalue weighted by Crippen LogP contribution is -2.56. The summed E-state index contributed by atoms with van der Waals surface area (Å²) < 4.78 is 25.4. The summed E-state index contributed by atoms with van der Waals surface area (Å²) in [5.41, 5.74) is 6.44. The van der Waals surface area contributed by atoms with Crippen LogP contribution >= 0.6 is 0 Å². The zero-order valence-corrected chi connectivity index (χ0v) is 13.3. The molecule has 116 valence electrons. The van der Waals surface area contributed by atoms with E-state index < -0.39 is 15.6 Å². The molecule has 21 heavy (non-hydrogen) atoms. The van der Waals surface area contributed by atoms with Crippen LogP contribution in [-0.4, -0.2) is 38.3 Å². The molecule has 0 heterocycles. The summed E-state index contributed by atoms with van der Waals surface area (Å²) in [6.07, 6.45) is 2.26. The highest BCUT2D eigenvalue weighted by molar-refractivity contribution is 7.89. The van der Waals surface area contributed by atoms with Crippen molar-refractivity contribution >= 4 is 21.6 Å². The Labute approximate surface area is 125 Å². The number of aryl methyl sites for hydroxylation is 1. The number of benzene rings is 1. The SMILES string of the molecule is Cc1ccc(S(=O)(=O)N(C)C)cc1NC(=O)C1(N)CCC1. The third-order valence-electron chi connectivity index (χ3n) is 3.93. The Kier molecular flexibility index (Phi) is 4.10. The Morgan fingerprint density at radius 1 is 1.33 bits per heavy atom. The monoisotopic (exact) mass is 311 g/mol. The van der Waals surface area contributed by atoms with Crippen LogP contribution in [0.25, 0.3) is 0 Å². The van der Waals surface area contributed by atoms with E-state index in [2.05, 4.69) is 5.32 Å². The fourth-order valence-corrected chi connectivity index (χ4v) is 3.07. The lowest BCUT2D eigenvalue weighted by molar-refractivity contribution is -0.123. The Bertz CT molecular complexity index is 664. The van der Waals surface area contributed by atoms with Crippen molar-refractivity contribution in [3.63, 3.8) is 0 Å². The van der Waals surface area contributed by atoms with E-state index >= 15 is 0 Å². The second kappa shape index (κ2) is 5.40. The number of carbonyl (C=O) groups is 1. The first kappa shape index (κ1) is 15.9. The van der Waals surface area contributed by atoms with Gasteiger partial charge in [-0.05, 0) is 43.9 Å². The maximum absolute atomic E-state index is 12.2. The minimum atomic E-state index is -3.53. The molecular formula is C14H21N3O3S. The third-order valence-corrected chi connectivity index (χ3v) is 5.74. The van der Waals surface area contributed by atoms with Crippen molar-refractivity contribution in [2.75, 3.05) is 19.4 Å². The molecule has 0 bridgehead atoms. The van der Waals surface area contributed by atoms with E-state index in [-0.39, 0.29) is 10.8 Å². The molecule has 0 spiro atoms. The van der Waals surface area contributed by atoms with Gasteiger partial charge in [0.25, 0.3) is 0 Å². The number of carbonyl (C=O) groups excluding carboxylic acids is 1. The largest absolute Gasteiger partial charge is 0.324 e. The van der Waals surface area contributed by atoms with Gasteiger partial charge in [-0.15, -0.1) is 0 Å². The number of nitrogens with two attached hydrogens (primary N) is 1. The van der Waals surface area contributed by atoms with Crippen LogP contribution in [0.15, 0.2) is 23.1 Å². The van der Waals surface area contributed by atoms with Crippen LogP contribution < -0.4 is 11.1 Å². The molecule has 6 nitrogen and oxygen atoms in total. The van der Waals surface area contributed by atoms with Gasteiger partial charge in [0.1, 0.15) is 0 Å². The molecule has 1 amide bonds. The highest BCUT2D eigenvalue weighted by atomic mass is 32.2. The van der Waals surface area contributed by atoms with Crippen LogP contribution in [0.2, 0.25) is 0 Å². The molecule has 0 saturated heterocycles. The lowest BCUT2D eigenvalue weighted by Gasteiger charge is -2.36. The smallest absolute Gasteiger partial charge is 0.244 e. The summed E-state index contributed by atoms with van der Waals surface area (Å²) in [7, 11) is -0.590. The van der Waals surface area contributed by atoms with Crippen molar-refractivity contribution in [2.45, 2.75) is 36.6 Å². The fraction of sp³-hybridized carbons (Fsp3) is 0.500. The van der Waals surface area contributed by atoms with E-state index in [0.29, 0.717) is 18.5 Å². The second-order valence-electron chi connectivity index (χ2n) is 5.73. The van der Waals surface area contributed by atoms with Crippen molar-refractivity contribution in [3.05, 3.63) is 23.8 Å². The van der Waals surface area contributed by atoms with E-state index in [4.69, 9.17) is 5.73 Å². The molecule has 0 unspecified atom stereocenters. The molecule has 1 aromatic rings. The maximum atomic E-state index is 12.2. The van der Waals surface area contributed by atoms with Gasteiger partial charge >= 0.3 is 0 Å². The average Bonchev–Trinajstić information content (AvgIpc) is 2.37. The Hall–Kier alpha value is -1.44. The molecule has 0 aromatic heterocycles. The van der Waals surface area contributed by atoms with Crippen molar-refractivity contribution in [1.82, 2.24) is 4.31 Å². The normalized spacial score (nSPS) is 17.4. The van der Waals surface area contributed by atoms with E-state index in [9.17, 15) is 13.2 Å². The number of hydrogen-bond donors (Lipinski definition) is 2. The summed E-state index contributed by atoms with van der Waals surface area (Å²) in [6, 6.07) is 4.68. The first-order chi connectivity index (χ1) is 9.67. The lowest BCUT2D eigenvalue weighted by atomic mass is 9.77. The van der Waals surface area contributed by atoms with Gasteiger partial charge in [0.05, 0.1) is 10.4 Å². The van der Waals surface area contributed by atoms with Gasteiger partial charge in [-0.25, -0.2) is 12.7 Å². The average molecular weight is 311 g/mol. The van der Waals surface area contributed by atoms with E-state index in [1.165, 1.54) is 26.2 Å². The Morgan fingerprint density at radius 3 is 2.43 bits per heavy atom. The minimum absolute atomic E-state index is 0.146. The van der Waals surface area contributed by atoms with E-state index in [1.807, 2.05) is 6.92 Å². The zero-order chi connectivity index (χ0) is 15.8. The predicted molar refractivity (Wildman–Crippen MR) is 81.5 cm³/mol. The Morgan fingerprint density at radius 2 is 1.95 bits per heavy atom. The number of sulfonamides is 1. The first-order valence-electron chi connectivity index (χ1n) is 6.80. The summed E-state index contributed by atoms with van der Waals surface area (Å²) >= 11 is 0. The molecule has 1 saturated carbocycles. The van der Waals surface area contributed by atoms with Crippen LogP contribution in [0, 0.1) is 6.92 Å². The van der Waals surface area contributed by atoms with Crippen molar-refractivity contribution < 1.29 is 13.2 Å². The number of nitrogens with one attached hydrogen (secondary N) is 1. The maximum Gasteiger partial charge on any atom is 0.244 e. The van der Waals surface area contributed by atoms with Crippen LogP contribution in [-0.2, 0) is 14.8 Å². The number of hydrogen-bond acceptors (Lipinski definition) is 4. The van der Waals surface area contributed by atoms with Crippen molar-refractivity contribution in [1.29, 1.82) is 0 Å². The van der Waals surface area contributed by atoms with Crippen LogP contribution in [0.4, 0.5) is 5.69 Å². The molecular weight excluding hydrogens is 290 g/mol. The molecule has 0 aliphatic heterocycles. The second-order valence-corrected chi connectivity index (χ2v) is 7.88. The van der Waals surface area contributed by atoms with Gasteiger partial charge in [-0.2, -0.15) is 0 Å². The van der Waals surface area contributed by atoms with Crippen molar-refractivity contribution in [2.24, 2.45) is 5.73 Å². The predicted octanol–water partition coefficient (Wildman–Crippen LogP) is 1.07. The summed E-state index contributed by atoms with van der Waals surface area (Å²) in [5, 5.41) is 2.76. The molecule has 1 aromatic carbocycles. The van der Waals surface area contributed by atoms with Gasteiger partial charge in [-0.1, -0.05) is 6.07 Å². The topological polar surface area (TPSA) is 92.5 Å². The van der Waals surface area contributed by atoms with Gasteiger partial charge in [-0.3, -0.25) is 4.79 Å². The van der Waals surface area contributed by atoms with Gasteiger partial charge in [0.15, 0.2) is 0 Å². The summed E-state index contributed by atoms with van der Waals surface area (Å²) in [5.74, 6) is -0.253. The summed E-state index contributed by atoms with van der Waals surface area (Å²) in [4.78, 5) is 12.3. The van der Waals surface area contributed by atoms with Crippen LogP contribution in [0.3, 0.4) is 0 Å². The molecule has 0 atom stereocenters. The standard InChI is InChI=1S/C14H21N3O3S/c1-10-5-6-11(21(19,20)17(2)3)9-12(10)16-13(18)14(15)7-4-8-14/h5-6,9H,4,7-8,15H2,1-3H3,(H,16,18). The number of rotatable bonds is 4. The number of nitrogens with zero attached hydrogens (tertiary/aromatic N) is 1. The van der Waals surface area contributed by atoms with Crippen molar-refractivity contribution in [3.8, 4) is 0 Å². The molecule has 0 radical (unpaired) electrons. The molecule has 7 heteroatoms. The van der Waals surface area contributed by atoms with E-state index in [1.54, 1.807) is 6.07 Å². The molecule has 1 aliphatic carbocycles. The highest BCUT2D eigenvalue weighted by Crippen LogP contribution is 2.31. The number of amides is 1. The van der Waals surface area contributed by atoms with Crippen LogP contribution in [0.1, 0.15) is 24.8 Å². The zero-order valence-electron chi connectivity index (χ0n) is 12.5. The molecule has 3 N–H and O–H groups in total. The fourth-order valence-electron chi connectivity index (χ4n) is 2.14. The quantitative estimate of drug-likeness (QED) is 0.870. The number of anilines is 1. The highest BCUT2D eigenvalue weighted by Gasteiger charge is 2.40. The summed E-state index contributed by atoms with van der Waals surface area (Å²) in [6.45, 7) is 1.81. The first-order valence-corrected chi connectivity index (χ1v) is 8.24. The molecule has 2 rings (SSSR count). The van der Waals surface area contributed by atoms with Gasteiger partial charge in [0, 0.05) is 19.8 Å².